The van der Waals surface area contributed by atoms with Gasteiger partial charge in [0.15, 0.2) is 0 Å². The maximum absolute atomic E-state index is 12.2. The normalized spacial score (nSPS) is 11.5. The zero-order valence-electron chi connectivity index (χ0n) is 13.3. The molecule has 7 heteroatoms. The van der Waals surface area contributed by atoms with Crippen molar-refractivity contribution in [3.8, 4) is 5.75 Å². The van der Waals surface area contributed by atoms with Crippen LogP contribution in [0.5, 0.6) is 5.75 Å². The Bertz CT molecular complexity index is 587. The molecular weight excluding hydrogens is 304 g/mol. The SMILES string of the molecule is CCCN(CC(=O)Nc1ccccc1OC)S(=O)(=O)CCC. The molecule has 0 aliphatic heterocycles. The first-order valence-corrected chi connectivity index (χ1v) is 8.96. The van der Waals surface area contributed by atoms with Gasteiger partial charge in [0.25, 0.3) is 0 Å². The number of benzene rings is 1. The van der Waals surface area contributed by atoms with Gasteiger partial charge in [-0.05, 0) is 25.0 Å². The molecule has 6 nitrogen and oxygen atoms in total. The highest BCUT2D eigenvalue weighted by Gasteiger charge is 2.23. The average Bonchev–Trinajstić information content (AvgIpc) is 2.47. The summed E-state index contributed by atoms with van der Waals surface area (Å²) in [5.74, 6) is 0.210. The molecule has 0 heterocycles. The molecule has 0 atom stereocenters. The van der Waals surface area contributed by atoms with Gasteiger partial charge in [-0.2, -0.15) is 4.31 Å². The van der Waals surface area contributed by atoms with Crippen molar-refractivity contribution < 1.29 is 17.9 Å². The molecular formula is C15H24N2O4S. The molecule has 0 aliphatic carbocycles. The summed E-state index contributed by atoms with van der Waals surface area (Å²) < 4.78 is 30.7. The first-order valence-electron chi connectivity index (χ1n) is 7.35. The van der Waals surface area contributed by atoms with Gasteiger partial charge in [-0.1, -0.05) is 26.0 Å². The van der Waals surface area contributed by atoms with E-state index >= 15 is 0 Å². The lowest BCUT2D eigenvalue weighted by molar-refractivity contribution is -0.116. The van der Waals surface area contributed by atoms with Crippen molar-refractivity contribution >= 4 is 21.6 Å². The first-order chi connectivity index (χ1) is 10.4. The summed E-state index contributed by atoms with van der Waals surface area (Å²) in [5.41, 5.74) is 0.527. The van der Waals surface area contributed by atoms with E-state index in [1.807, 2.05) is 6.92 Å². The fraction of sp³-hybridized carbons (Fsp3) is 0.533. The topological polar surface area (TPSA) is 75.7 Å². The molecule has 1 N–H and O–H groups in total. The summed E-state index contributed by atoms with van der Waals surface area (Å²) in [7, 11) is -1.88. The van der Waals surface area contributed by atoms with Crippen LogP contribution in [-0.4, -0.2) is 44.6 Å². The number of rotatable bonds is 9. The molecule has 1 rings (SSSR count). The van der Waals surface area contributed by atoms with Crippen molar-refractivity contribution in [2.45, 2.75) is 26.7 Å². The van der Waals surface area contributed by atoms with Crippen molar-refractivity contribution in [1.82, 2.24) is 4.31 Å². The molecule has 0 unspecified atom stereocenters. The second kappa shape index (κ2) is 8.75. The Balaban J connectivity index is 2.79. The van der Waals surface area contributed by atoms with Crippen LogP contribution in [0, 0.1) is 0 Å². The molecule has 0 aliphatic rings. The standard InChI is InChI=1S/C15H24N2O4S/c1-4-10-17(22(19,20)11-5-2)12-15(18)16-13-8-6-7-9-14(13)21-3/h6-9H,4-5,10-12H2,1-3H3,(H,16,18). The highest BCUT2D eigenvalue weighted by Crippen LogP contribution is 2.22. The van der Waals surface area contributed by atoms with E-state index in [1.54, 1.807) is 31.2 Å². The molecule has 0 aromatic heterocycles. The predicted octanol–water partition coefficient (Wildman–Crippen LogP) is 2.09. The maximum atomic E-state index is 12.2. The predicted molar refractivity (Wildman–Crippen MR) is 87.6 cm³/mol. The molecule has 0 saturated heterocycles. The minimum atomic E-state index is -3.40. The van der Waals surface area contributed by atoms with Crippen LogP contribution in [0.2, 0.25) is 0 Å². The van der Waals surface area contributed by atoms with Crippen molar-refractivity contribution in [2.75, 3.05) is 31.3 Å². The van der Waals surface area contributed by atoms with Crippen molar-refractivity contribution in [3.63, 3.8) is 0 Å². The smallest absolute Gasteiger partial charge is 0.239 e. The Hall–Kier alpha value is -1.60. The Kier molecular flexibility index (Phi) is 7.34. The Morgan fingerprint density at radius 3 is 2.50 bits per heavy atom. The summed E-state index contributed by atoms with van der Waals surface area (Å²) in [6.45, 7) is 3.83. The summed E-state index contributed by atoms with van der Waals surface area (Å²) in [4.78, 5) is 12.1. The van der Waals surface area contributed by atoms with E-state index in [1.165, 1.54) is 11.4 Å². The van der Waals surface area contributed by atoms with E-state index in [2.05, 4.69) is 5.32 Å². The van der Waals surface area contributed by atoms with Gasteiger partial charge >= 0.3 is 0 Å². The summed E-state index contributed by atoms with van der Waals surface area (Å²) in [5, 5.41) is 2.69. The van der Waals surface area contributed by atoms with Crippen molar-refractivity contribution in [3.05, 3.63) is 24.3 Å². The molecule has 0 fully saturated rings. The molecule has 0 bridgehead atoms. The highest BCUT2D eigenvalue weighted by atomic mass is 32.2. The Morgan fingerprint density at radius 2 is 1.91 bits per heavy atom. The number of hydrogen-bond donors (Lipinski definition) is 1. The molecule has 1 aromatic rings. The number of ether oxygens (including phenoxy) is 1. The molecule has 124 valence electrons. The summed E-state index contributed by atoms with van der Waals surface area (Å²) in [6, 6.07) is 7.01. The van der Waals surface area contributed by atoms with Crippen LogP contribution >= 0.6 is 0 Å². The maximum Gasteiger partial charge on any atom is 0.239 e. The van der Waals surface area contributed by atoms with Gasteiger partial charge in [0.1, 0.15) is 5.75 Å². The van der Waals surface area contributed by atoms with E-state index in [0.29, 0.717) is 30.8 Å². The van der Waals surface area contributed by atoms with E-state index in [0.717, 1.165) is 0 Å². The monoisotopic (exact) mass is 328 g/mol. The third-order valence-corrected chi connectivity index (χ3v) is 5.05. The number of amides is 1. The number of anilines is 1. The number of nitrogens with one attached hydrogen (secondary N) is 1. The molecule has 0 radical (unpaired) electrons. The van der Waals surface area contributed by atoms with Crippen molar-refractivity contribution in [1.29, 1.82) is 0 Å². The van der Waals surface area contributed by atoms with Gasteiger partial charge < -0.3 is 10.1 Å². The van der Waals surface area contributed by atoms with Gasteiger partial charge in [-0.25, -0.2) is 8.42 Å². The molecule has 22 heavy (non-hydrogen) atoms. The Morgan fingerprint density at radius 1 is 1.23 bits per heavy atom. The number of sulfonamides is 1. The Labute approximate surface area is 132 Å². The summed E-state index contributed by atoms with van der Waals surface area (Å²) in [6.07, 6.45) is 1.18. The van der Waals surface area contributed by atoms with Crippen LogP contribution < -0.4 is 10.1 Å². The zero-order valence-corrected chi connectivity index (χ0v) is 14.1. The minimum absolute atomic E-state index is 0.0505. The third-order valence-electron chi connectivity index (χ3n) is 3.03. The quantitative estimate of drug-likeness (QED) is 0.753. The average molecular weight is 328 g/mol. The lowest BCUT2D eigenvalue weighted by Crippen LogP contribution is -2.39. The first kappa shape index (κ1) is 18.4. The lowest BCUT2D eigenvalue weighted by Gasteiger charge is -2.21. The van der Waals surface area contributed by atoms with E-state index in [9.17, 15) is 13.2 Å². The van der Waals surface area contributed by atoms with E-state index in [-0.39, 0.29) is 18.2 Å². The lowest BCUT2D eigenvalue weighted by atomic mass is 10.3. The van der Waals surface area contributed by atoms with Crippen LogP contribution in [-0.2, 0) is 14.8 Å². The van der Waals surface area contributed by atoms with Crippen LogP contribution in [0.25, 0.3) is 0 Å². The van der Waals surface area contributed by atoms with Crippen LogP contribution in [0.1, 0.15) is 26.7 Å². The molecule has 0 saturated carbocycles. The molecule has 1 amide bonds. The number of methoxy groups -OCH3 is 1. The second-order valence-electron chi connectivity index (χ2n) is 4.90. The largest absolute Gasteiger partial charge is 0.495 e. The number of carbonyl (C=O) groups is 1. The van der Waals surface area contributed by atoms with Crippen molar-refractivity contribution in [2.24, 2.45) is 0 Å². The van der Waals surface area contributed by atoms with Gasteiger partial charge in [0, 0.05) is 6.54 Å². The number of hydrogen-bond acceptors (Lipinski definition) is 4. The van der Waals surface area contributed by atoms with Crippen LogP contribution in [0.3, 0.4) is 0 Å². The molecule has 0 spiro atoms. The number of nitrogens with zero attached hydrogens (tertiary/aromatic N) is 1. The molecule has 1 aromatic carbocycles. The fourth-order valence-corrected chi connectivity index (χ4v) is 3.60. The highest BCUT2D eigenvalue weighted by molar-refractivity contribution is 7.89. The van der Waals surface area contributed by atoms with Crippen LogP contribution in [0.4, 0.5) is 5.69 Å². The van der Waals surface area contributed by atoms with Crippen LogP contribution in [0.15, 0.2) is 24.3 Å². The fourth-order valence-electron chi connectivity index (χ4n) is 2.05. The summed E-state index contributed by atoms with van der Waals surface area (Å²) >= 11 is 0. The number of carbonyl (C=O) groups excluding carboxylic acids is 1. The van der Waals surface area contributed by atoms with Gasteiger partial charge in [0.05, 0.1) is 25.1 Å². The van der Waals surface area contributed by atoms with Gasteiger partial charge in [0.2, 0.25) is 15.9 Å². The minimum Gasteiger partial charge on any atom is -0.495 e. The van der Waals surface area contributed by atoms with Gasteiger partial charge in [-0.3, -0.25) is 4.79 Å². The van der Waals surface area contributed by atoms with E-state index in [4.69, 9.17) is 4.74 Å². The van der Waals surface area contributed by atoms with E-state index < -0.39 is 10.0 Å². The number of para-hydroxylation sites is 2. The third kappa shape index (κ3) is 5.31. The van der Waals surface area contributed by atoms with Gasteiger partial charge in [-0.15, -0.1) is 0 Å². The second-order valence-corrected chi connectivity index (χ2v) is 6.99. The zero-order chi connectivity index (χ0) is 16.6.